The van der Waals surface area contributed by atoms with Crippen molar-refractivity contribution in [3.8, 4) is 5.75 Å². The van der Waals surface area contributed by atoms with Crippen LogP contribution in [0.4, 0.5) is 11.5 Å². The Morgan fingerprint density at radius 3 is 2.53 bits per heavy atom. The number of nitrogens with one attached hydrogen (secondary N) is 1. The van der Waals surface area contributed by atoms with Crippen LogP contribution in [0, 0.1) is 0 Å². The molecule has 0 aliphatic carbocycles. The summed E-state index contributed by atoms with van der Waals surface area (Å²) in [5.41, 5.74) is 0.818. The van der Waals surface area contributed by atoms with E-state index in [4.69, 9.17) is 0 Å². The molecule has 0 unspecified atom stereocenters. The number of aromatic nitrogens is 1. The van der Waals surface area contributed by atoms with Crippen LogP contribution in [0.3, 0.4) is 0 Å². The molecule has 98 valence electrons. The van der Waals surface area contributed by atoms with Gasteiger partial charge in [0.05, 0.1) is 17.4 Å². The van der Waals surface area contributed by atoms with Crippen molar-refractivity contribution in [2.75, 3.05) is 24.3 Å². The number of para-hydroxylation sites is 1. The number of hydrogen-bond acceptors (Lipinski definition) is 4. The van der Waals surface area contributed by atoms with Gasteiger partial charge in [-0.3, -0.25) is 4.79 Å². The maximum atomic E-state index is 11.9. The molecule has 0 radical (unpaired) electrons. The van der Waals surface area contributed by atoms with E-state index in [2.05, 4.69) is 10.3 Å². The Morgan fingerprint density at radius 1 is 1.21 bits per heavy atom. The van der Waals surface area contributed by atoms with Crippen LogP contribution >= 0.6 is 0 Å². The highest BCUT2D eigenvalue weighted by Crippen LogP contribution is 2.18. The fraction of sp³-hybridized carbons (Fsp3) is 0.143. The van der Waals surface area contributed by atoms with Crippen LogP contribution in [-0.4, -0.2) is 30.1 Å². The minimum absolute atomic E-state index is 0.0436. The lowest BCUT2D eigenvalue weighted by atomic mass is 10.2. The van der Waals surface area contributed by atoms with Gasteiger partial charge in [0.15, 0.2) is 0 Å². The molecule has 0 bridgehead atoms. The van der Waals surface area contributed by atoms with Crippen LogP contribution < -0.4 is 10.2 Å². The molecule has 0 fully saturated rings. The minimum Gasteiger partial charge on any atom is -0.507 e. The second-order valence-electron chi connectivity index (χ2n) is 4.27. The highest BCUT2D eigenvalue weighted by molar-refractivity contribution is 6.06. The molecule has 1 aromatic heterocycles. The van der Waals surface area contributed by atoms with Crippen LogP contribution in [0.25, 0.3) is 0 Å². The zero-order valence-corrected chi connectivity index (χ0v) is 10.8. The first-order valence-electron chi connectivity index (χ1n) is 5.80. The van der Waals surface area contributed by atoms with E-state index in [1.165, 1.54) is 6.07 Å². The smallest absolute Gasteiger partial charge is 0.259 e. The summed E-state index contributed by atoms with van der Waals surface area (Å²) in [5.74, 6) is 0.399. The zero-order valence-electron chi connectivity index (χ0n) is 10.8. The topological polar surface area (TPSA) is 65.5 Å². The van der Waals surface area contributed by atoms with Gasteiger partial charge in [-0.05, 0) is 24.3 Å². The van der Waals surface area contributed by atoms with Gasteiger partial charge in [0.1, 0.15) is 11.6 Å². The van der Waals surface area contributed by atoms with Gasteiger partial charge in [-0.15, -0.1) is 0 Å². The minimum atomic E-state index is -0.363. The lowest BCUT2D eigenvalue weighted by Gasteiger charge is -2.11. The summed E-state index contributed by atoms with van der Waals surface area (Å²) in [6.07, 6.45) is 1.58. The third-order valence-corrected chi connectivity index (χ3v) is 2.61. The van der Waals surface area contributed by atoms with Crippen LogP contribution in [0.5, 0.6) is 5.75 Å². The number of hydrogen-bond donors (Lipinski definition) is 2. The summed E-state index contributed by atoms with van der Waals surface area (Å²) < 4.78 is 0. The van der Waals surface area contributed by atoms with E-state index < -0.39 is 0 Å². The van der Waals surface area contributed by atoms with Crippen LogP contribution in [0.15, 0.2) is 42.6 Å². The van der Waals surface area contributed by atoms with Gasteiger partial charge >= 0.3 is 0 Å². The molecule has 1 amide bonds. The van der Waals surface area contributed by atoms with Crippen molar-refractivity contribution < 1.29 is 9.90 Å². The molecule has 2 N–H and O–H groups in total. The van der Waals surface area contributed by atoms with Crippen molar-refractivity contribution in [2.24, 2.45) is 0 Å². The summed E-state index contributed by atoms with van der Waals surface area (Å²) >= 11 is 0. The molecule has 0 aliphatic heterocycles. The zero-order chi connectivity index (χ0) is 13.8. The maximum Gasteiger partial charge on any atom is 0.259 e. The highest BCUT2D eigenvalue weighted by Gasteiger charge is 2.10. The van der Waals surface area contributed by atoms with Crippen LogP contribution in [0.1, 0.15) is 10.4 Å². The van der Waals surface area contributed by atoms with Gasteiger partial charge < -0.3 is 15.3 Å². The number of amides is 1. The van der Waals surface area contributed by atoms with E-state index in [0.29, 0.717) is 5.69 Å². The molecule has 2 aromatic rings. The fourth-order valence-corrected chi connectivity index (χ4v) is 1.59. The normalized spacial score (nSPS) is 10.0. The largest absolute Gasteiger partial charge is 0.507 e. The number of nitrogens with zero attached hydrogens (tertiary/aromatic N) is 2. The fourth-order valence-electron chi connectivity index (χ4n) is 1.59. The molecule has 0 aliphatic rings. The van der Waals surface area contributed by atoms with Crippen LogP contribution in [0.2, 0.25) is 0 Å². The third-order valence-electron chi connectivity index (χ3n) is 2.61. The molecule has 2 rings (SSSR count). The molecule has 0 saturated carbocycles. The van der Waals surface area contributed by atoms with Crippen molar-refractivity contribution in [1.82, 2.24) is 4.98 Å². The Morgan fingerprint density at radius 2 is 1.95 bits per heavy atom. The molecular weight excluding hydrogens is 242 g/mol. The Kier molecular flexibility index (Phi) is 3.66. The Labute approximate surface area is 111 Å². The summed E-state index contributed by atoms with van der Waals surface area (Å²) in [6, 6.07) is 9.97. The predicted octanol–water partition coefficient (Wildman–Crippen LogP) is 2.11. The van der Waals surface area contributed by atoms with Gasteiger partial charge in [0.2, 0.25) is 0 Å². The third kappa shape index (κ3) is 3.01. The predicted molar refractivity (Wildman–Crippen MR) is 74.6 cm³/mol. The Hall–Kier alpha value is -2.56. The lowest BCUT2D eigenvalue weighted by molar-refractivity contribution is 0.102. The van der Waals surface area contributed by atoms with E-state index in [-0.39, 0.29) is 17.2 Å². The molecule has 0 atom stereocenters. The van der Waals surface area contributed by atoms with Gasteiger partial charge in [0, 0.05) is 14.1 Å². The van der Waals surface area contributed by atoms with E-state index in [1.807, 2.05) is 19.0 Å². The number of anilines is 2. The molecule has 1 heterocycles. The first-order chi connectivity index (χ1) is 9.08. The van der Waals surface area contributed by atoms with E-state index in [9.17, 15) is 9.90 Å². The van der Waals surface area contributed by atoms with Gasteiger partial charge in [0.25, 0.3) is 5.91 Å². The summed E-state index contributed by atoms with van der Waals surface area (Å²) in [4.78, 5) is 18.0. The average Bonchev–Trinajstić information content (AvgIpc) is 2.39. The Bertz CT molecular complexity index is 579. The number of benzene rings is 1. The van der Waals surface area contributed by atoms with Gasteiger partial charge in [-0.2, -0.15) is 0 Å². The van der Waals surface area contributed by atoms with Crippen molar-refractivity contribution in [1.29, 1.82) is 0 Å². The summed E-state index contributed by atoms with van der Waals surface area (Å²) in [7, 11) is 3.78. The standard InChI is InChI=1S/C14H15N3O2/c1-17(2)13-8-7-10(9-15-13)16-14(19)11-5-3-4-6-12(11)18/h3-9,18H,1-2H3,(H,16,19). The molecule has 1 aromatic carbocycles. The summed E-state index contributed by atoms with van der Waals surface area (Å²) in [5, 5.41) is 12.3. The average molecular weight is 257 g/mol. The monoisotopic (exact) mass is 257 g/mol. The molecule has 5 nitrogen and oxygen atoms in total. The molecular formula is C14H15N3O2. The Balaban J connectivity index is 2.13. The number of rotatable bonds is 3. The quantitative estimate of drug-likeness (QED) is 0.883. The van der Waals surface area contributed by atoms with Crippen molar-refractivity contribution >= 4 is 17.4 Å². The molecule has 0 spiro atoms. The maximum absolute atomic E-state index is 11.9. The van der Waals surface area contributed by atoms with Gasteiger partial charge in [-0.25, -0.2) is 4.98 Å². The summed E-state index contributed by atoms with van der Waals surface area (Å²) in [6.45, 7) is 0. The van der Waals surface area contributed by atoms with Crippen molar-refractivity contribution in [3.05, 3.63) is 48.2 Å². The lowest BCUT2D eigenvalue weighted by Crippen LogP contribution is -2.13. The van der Waals surface area contributed by atoms with Crippen molar-refractivity contribution in [3.63, 3.8) is 0 Å². The number of carbonyl (C=O) groups excluding carboxylic acids is 1. The number of carbonyl (C=O) groups is 1. The molecule has 5 heteroatoms. The van der Waals surface area contributed by atoms with Crippen molar-refractivity contribution in [2.45, 2.75) is 0 Å². The second kappa shape index (κ2) is 5.39. The van der Waals surface area contributed by atoms with Crippen LogP contribution in [-0.2, 0) is 0 Å². The highest BCUT2D eigenvalue weighted by atomic mass is 16.3. The number of phenols is 1. The second-order valence-corrected chi connectivity index (χ2v) is 4.27. The first-order valence-corrected chi connectivity index (χ1v) is 5.80. The van der Waals surface area contributed by atoms with E-state index in [0.717, 1.165) is 5.82 Å². The number of phenolic OH excluding ortho intramolecular Hbond substituents is 1. The van der Waals surface area contributed by atoms with Gasteiger partial charge in [-0.1, -0.05) is 12.1 Å². The van der Waals surface area contributed by atoms with E-state index in [1.54, 1.807) is 36.5 Å². The number of aromatic hydroxyl groups is 1. The molecule has 19 heavy (non-hydrogen) atoms. The number of pyridine rings is 1. The SMILES string of the molecule is CN(C)c1ccc(NC(=O)c2ccccc2O)cn1. The van der Waals surface area contributed by atoms with E-state index >= 15 is 0 Å². The first kappa shape index (κ1) is 12.9. The molecule has 0 saturated heterocycles.